The van der Waals surface area contributed by atoms with E-state index in [4.69, 9.17) is 22.1 Å². The average Bonchev–Trinajstić information content (AvgIpc) is 2.55. The minimum absolute atomic E-state index is 0.00811. The van der Waals surface area contributed by atoms with Crippen molar-refractivity contribution in [3.05, 3.63) is 44.7 Å². The molecule has 122 valence electrons. The Hall–Kier alpha value is -2.96. The van der Waals surface area contributed by atoms with Gasteiger partial charge in [0.2, 0.25) is 0 Å². The van der Waals surface area contributed by atoms with E-state index in [0.29, 0.717) is 22.9 Å². The molecule has 1 heterocycles. The maximum Gasteiger partial charge on any atom is 0.268 e. The Morgan fingerprint density at radius 2 is 2.00 bits per heavy atom. The maximum atomic E-state index is 12.0. The molecule has 0 aliphatic heterocycles. The van der Waals surface area contributed by atoms with Gasteiger partial charge in [-0.05, 0) is 24.6 Å². The van der Waals surface area contributed by atoms with Gasteiger partial charge in [0.25, 0.3) is 5.56 Å². The second kappa shape index (κ2) is 7.54. The van der Waals surface area contributed by atoms with Gasteiger partial charge in [-0.25, -0.2) is 0 Å². The van der Waals surface area contributed by atoms with Gasteiger partial charge in [-0.15, -0.1) is 0 Å². The van der Waals surface area contributed by atoms with E-state index in [1.165, 1.54) is 0 Å². The number of nitrogens with one attached hydrogen (secondary N) is 1. The van der Waals surface area contributed by atoms with Gasteiger partial charge in [-0.2, -0.15) is 10.5 Å². The monoisotopic (exact) mass is 342 g/mol. The van der Waals surface area contributed by atoms with Crippen LogP contribution in [-0.2, 0) is 0 Å². The van der Waals surface area contributed by atoms with Crippen molar-refractivity contribution in [1.29, 1.82) is 10.5 Å². The minimum atomic E-state index is -0.663. The molecule has 1 aromatic heterocycles. The number of unbranched alkanes of at least 4 members (excludes halogenated alkanes) is 1. The average molecular weight is 343 g/mol. The number of aromatic nitrogens is 1. The van der Waals surface area contributed by atoms with E-state index < -0.39 is 5.56 Å². The van der Waals surface area contributed by atoms with E-state index >= 15 is 0 Å². The number of ether oxygens (including phenoxy) is 1. The minimum Gasteiger partial charge on any atom is -0.493 e. The number of nitrogens with zero attached hydrogens (tertiary/aromatic N) is 2. The van der Waals surface area contributed by atoms with Gasteiger partial charge in [0.05, 0.1) is 6.61 Å². The van der Waals surface area contributed by atoms with Crippen LogP contribution in [0.25, 0.3) is 11.1 Å². The zero-order chi connectivity index (χ0) is 17.7. The quantitative estimate of drug-likeness (QED) is 0.809. The first-order valence-electron chi connectivity index (χ1n) is 7.32. The molecule has 7 heteroatoms. The third-order valence-electron chi connectivity index (χ3n) is 3.43. The Balaban J connectivity index is 2.77. The Bertz CT molecular complexity index is 907. The van der Waals surface area contributed by atoms with E-state index in [2.05, 4.69) is 4.98 Å². The highest BCUT2D eigenvalue weighted by atomic mass is 35.5. The topological polar surface area (TPSA) is 116 Å². The number of benzene rings is 1. The van der Waals surface area contributed by atoms with Gasteiger partial charge >= 0.3 is 0 Å². The van der Waals surface area contributed by atoms with Crippen molar-refractivity contribution in [3.63, 3.8) is 0 Å². The normalized spacial score (nSPS) is 10.0. The van der Waals surface area contributed by atoms with Crippen molar-refractivity contribution < 1.29 is 4.74 Å². The van der Waals surface area contributed by atoms with Crippen LogP contribution in [0, 0.1) is 22.7 Å². The van der Waals surface area contributed by atoms with Crippen molar-refractivity contribution in [2.45, 2.75) is 19.8 Å². The van der Waals surface area contributed by atoms with Crippen molar-refractivity contribution in [3.8, 4) is 29.0 Å². The highest BCUT2D eigenvalue weighted by Crippen LogP contribution is 2.37. The highest BCUT2D eigenvalue weighted by Gasteiger charge is 2.21. The molecule has 0 saturated heterocycles. The maximum absolute atomic E-state index is 12.0. The molecule has 0 aliphatic carbocycles. The lowest BCUT2D eigenvalue weighted by atomic mass is 9.96. The number of nitrogen functional groups attached to an aromatic ring is 1. The first kappa shape index (κ1) is 17.4. The van der Waals surface area contributed by atoms with Crippen molar-refractivity contribution in [2.24, 2.45) is 0 Å². The summed E-state index contributed by atoms with van der Waals surface area (Å²) in [5.74, 6) is 0.335. The Morgan fingerprint density at radius 1 is 1.29 bits per heavy atom. The summed E-state index contributed by atoms with van der Waals surface area (Å²) in [7, 11) is 0. The number of pyridine rings is 1. The lowest BCUT2D eigenvalue weighted by Crippen LogP contribution is -2.16. The second-order valence-electron chi connectivity index (χ2n) is 5.06. The van der Waals surface area contributed by atoms with Crippen LogP contribution in [0.3, 0.4) is 0 Å². The van der Waals surface area contributed by atoms with Crippen molar-refractivity contribution in [1.82, 2.24) is 4.98 Å². The molecule has 0 saturated carbocycles. The summed E-state index contributed by atoms with van der Waals surface area (Å²) in [4.78, 5) is 14.4. The van der Waals surface area contributed by atoms with E-state index in [0.717, 1.165) is 12.8 Å². The Morgan fingerprint density at radius 3 is 2.62 bits per heavy atom. The SMILES string of the molecule is CCCCOc1ccc(Cl)cc1-c1c(C#N)c(N)[nH]c(=O)c1C#N. The summed E-state index contributed by atoms with van der Waals surface area (Å²) in [6, 6.07) is 8.60. The number of halogens is 1. The first-order chi connectivity index (χ1) is 11.5. The number of nitriles is 2. The fourth-order valence-electron chi connectivity index (χ4n) is 2.26. The number of aromatic amines is 1. The van der Waals surface area contributed by atoms with E-state index in [9.17, 15) is 15.3 Å². The number of rotatable bonds is 5. The fraction of sp³-hybridized carbons (Fsp3) is 0.235. The summed E-state index contributed by atoms with van der Waals surface area (Å²) in [6.45, 7) is 2.50. The van der Waals surface area contributed by atoms with Crippen LogP contribution in [0.5, 0.6) is 5.75 Å². The van der Waals surface area contributed by atoms with Gasteiger partial charge in [-0.3, -0.25) is 4.79 Å². The van der Waals surface area contributed by atoms with Crippen LogP contribution in [0.1, 0.15) is 30.9 Å². The molecule has 6 nitrogen and oxygen atoms in total. The molecule has 0 atom stereocenters. The fourth-order valence-corrected chi connectivity index (χ4v) is 2.43. The zero-order valence-electron chi connectivity index (χ0n) is 13.0. The van der Waals surface area contributed by atoms with Crippen LogP contribution in [0.2, 0.25) is 5.02 Å². The van der Waals surface area contributed by atoms with Gasteiger partial charge < -0.3 is 15.5 Å². The predicted molar refractivity (Wildman–Crippen MR) is 91.8 cm³/mol. The molecule has 0 bridgehead atoms. The van der Waals surface area contributed by atoms with Crippen molar-refractivity contribution >= 4 is 17.4 Å². The summed E-state index contributed by atoms with van der Waals surface area (Å²) in [6.07, 6.45) is 1.80. The highest BCUT2D eigenvalue weighted by molar-refractivity contribution is 6.31. The number of nitrogens with two attached hydrogens (primary N) is 1. The van der Waals surface area contributed by atoms with Gasteiger partial charge in [0, 0.05) is 16.1 Å². The summed E-state index contributed by atoms with van der Waals surface area (Å²) in [5, 5.41) is 19.2. The van der Waals surface area contributed by atoms with Crippen molar-refractivity contribution in [2.75, 3.05) is 12.3 Å². The molecule has 0 spiro atoms. The molecular formula is C17H15ClN4O2. The molecule has 2 aromatic rings. The molecule has 0 radical (unpaired) electrons. The van der Waals surface area contributed by atoms with E-state index in [1.807, 2.05) is 19.1 Å². The van der Waals surface area contributed by atoms with Gasteiger partial charge in [0.1, 0.15) is 34.8 Å². The largest absolute Gasteiger partial charge is 0.493 e. The lowest BCUT2D eigenvalue weighted by Gasteiger charge is -2.14. The smallest absolute Gasteiger partial charge is 0.268 e. The number of hydrogen-bond acceptors (Lipinski definition) is 5. The number of hydrogen-bond donors (Lipinski definition) is 2. The third-order valence-corrected chi connectivity index (χ3v) is 3.67. The van der Waals surface area contributed by atoms with E-state index in [1.54, 1.807) is 18.2 Å². The molecule has 0 aliphatic rings. The molecular weight excluding hydrogens is 328 g/mol. The Labute approximate surface area is 144 Å². The second-order valence-corrected chi connectivity index (χ2v) is 5.50. The van der Waals surface area contributed by atoms with Gasteiger partial charge in [0.15, 0.2) is 0 Å². The molecule has 0 amide bonds. The molecule has 2 rings (SSSR count). The number of H-pyrrole nitrogens is 1. The van der Waals surface area contributed by atoms with Crippen LogP contribution in [-0.4, -0.2) is 11.6 Å². The third kappa shape index (κ3) is 3.34. The van der Waals surface area contributed by atoms with Crippen LogP contribution < -0.4 is 16.0 Å². The summed E-state index contributed by atoms with van der Waals surface area (Å²) >= 11 is 6.06. The zero-order valence-corrected chi connectivity index (χ0v) is 13.8. The molecule has 0 unspecified atom stereocenters. The van der Waals surface area contributed by atoms with Crippen LogP contribution in [0.4, 0.5) is 5.82 Å². The first-order valence-corrected chi connectivity index (χ1v) is 7.69. The van der Waals surface area contributed by atoms with Crippen LogP contribution >= 0.6 is 11.6 Å². The van der Waals surface area contributed by atoms with E-state index in [-0.39, 0.29) is 22.5 Å². The molecule has 3 N–H and O–H groups in total. The van der Waals surface area contributed by atoms with Crippen LogP contribution in [0.15, 0.2) is 23.0 Å². The molecule has 0 fully saturated rings. The molecule has 24 heavy (non-hydrogen) atoms. The predicted octanol–water partition coefficient (Wildman–Crippen LogP) is 3.20. The number of anilines is 1. The lowest BCUT2D eigenvalue weighted by molar-refractivity contribution is 0.310. The summed E-state index contributed by atoms with van der Waals surface area (Å²) in [5.41, 5.74) is 5.41. The Kier molecular flexibility index (Phi) is 5.47. The standard InChI is InChI=1S/C17H15ClN4O2/c1-2-3-6-24-14-5-4-10(18)7-11(14)15-12(8-19)16(21)22-17(23)13(15)9-20/h4-5,7H,2-3,6H2,1H3,(H3,21,22,23). The molecule has 1 aromatic carbocycles. The van der Waals surface area contributed by atoms with Gasteiger partial charge in [-0.1, -0.05) is 24.9 Å². The summed E-state index contributed by atoms with van der Waals surface area (Å²) < 4.78 is 5.74.